The van der Waals surface area contributed by atoms with Crippen LogP contribution in [-0.4, -0.2) is 11.6 Å². The number of unbranched alkanes of at least 4 members (excludes halogenated alkanes) is 1. The Hall–Kier alpha value is -1.09. The number of ether oxygens (including phenoxy) is 1. The van der Waals surface area contributed by atoms with Crippen molar-refractivity contribution in [3.63, 3.8) is 0 Å². The van der Waals surface area contributed by atoms with Crippen LogP contribution in [0.5, 0.6) is 5.75 Å². The van der Waals surface area contributed by atoms with Crippen LogP contribution in [0.4, 0.5) is 0 Å². The Labute approximate surface area is 90.1 Å². The second kappa shape index (κ2) is 6.38. The third-order valence-electron chi connectivity index (χ3n) is 1.83. The molecule has 0 atom stereocenters. The summed E-state index contributed by atoms with van der Waals surface area (Å²) in [6.07, 6.45) is 2.81. The largest absolute Gasteiger partial charge is 0.494 e. The number of para-hydroxylation sites is 1. The fraction of sp³-hybridized carbons (Fsp3) is 0.364. The van der Waals surface area contributed by atoms with E-state index < -0.39 is 0 Å². The number of nitrogens with two attached hydrogens (primary N) is 1. The minimum absolute atomic E-state index is 0.588. The molecule has 0 radical (unpaired) electrons. The van der Waals surface area contributed by atoms with Crippen LogP contribution >= 0.6 is 12.2 Å². The quantitative estimate of drug-likeness (QED) is 0.577. The average Bonchev–Trinajstić information content (AvgIpc) is 2.18. The molecule has 0 heterocycles. The van der Waals surface area contributed by atoms with Gasteiger partial charge in [-0.05, 0) is 31.4 Å². The monoisotopic (exact) mass is 209 g/mol. The summed E-state index contributed by atoms with van der Waals surface area (Å²) in [5.41, 5.74) is 5.38. The molecule has 0 unspecified atom stereocenters. The van der Waals surface area contributed by atoms with Crippen LogP contribution in [0.15, 0.2) is 30.3 Å². The van der Waals surface area contributed by atoms with Crippen molar-refractivity contribution in [3.8, 4) is 5.75 Å². The van der Waals surface area contributed by atoms with E-state index in [1.54, 1.807) is 0 Å². The lowest BCUT2D eigenvalue weighted by Gasteiger charge is -2.04. The van der Waals surface area contributed by atoms with Gasteiger partial charge in [-0.25, -0.2) is 0 Å². The summed E-state index contributed by atoms with van der Waals surface area (Å²) in [6, 6.07) is 9.80. The summed E-state index contributed by atoms with van der Waals surface area (Å²) in [6.45, 7) is 0.729. The van der Waals surface area contributed by atoms with Crippen LogP contribution in [0.2, 0.25) is 0 Å². The van der Waals surface area contributed by atoms with Crippen molar-refractivity contribution in [2.75, 3.05) is 6.61 Å². The highest BCUT2D eigenvalue weighted by Crippen LogP contribution is 2.09. The van der Waals surface area contributed by atoms with Gasteiger partial charge in [0, 0.05) is 0 Å². The van der Waals surface area contributed by atoms with Crippen LogP contribution in [0.3, 0.4) is 0 Å². The summed E-state index contributed by atoms with van der Waals surface area (Å²) in [5, 5.41) is 0. The van der Waals surface area contributed by atoms with Crippen molar-refractivity contribution in [2.45, 2.75) is 19.3 Å². The van der Waals surface area contributed by atoms with Crippen LogP contribution in [0.1, 0.15) is 19.3 Å². The van der Waals surface area contributed by atoms with Crippen molar-refractivity contribution in [1.82, 2.24) is 0 Å². The lowest BCUT2D eigenvalue weighted by Crippen LogP contribution is -2.07. The predicted octanol–water partition coefficient (Wildman–Crippen LogP) is 2.52. The average molecular weight is 209 g/mol. The molecule has 0 aliphatic rings. The van der Waals surface area contributed by atoms with E-state index in [4.69, 9.17) is 22.7 Å². The first-order chi connectivity index (χ1) is 6.79. The highest BCUT2D eigenvalue weighted by molar-refractivity contribution is 7.80. The molecule has 0 saturated heterocycles. The first-order valence-corrected chi connectivity index (χ1v) is 5.16. The lowest BCUT2D eigenvalue weighted by atomic mass is 10.2. The van der Waals surface area contributed by atoms with E-state index in [0.717, 1.165) is 31.6 Å². The van der Waals surface area contributed by atoms with Gasteiger partial charge in [-0.2, -0.15) is 0 Å². The lowest BCUT2D eigenvalue weighted by molar-refractivity contribution is 0.308. The van der Waals surface area contributed by atoms with Crippen molar-refractivity contribution in [3.05, 3.63) is 30.3 Å². The zero-order valence-electron chi connectivity index (χ0n) is 8.11. The predicted molar refractivity (Wildman–Crippen MR) is 62.6 cm³/mol. The van der Waals surface area contributed by atoms with Crippen LogP contribution in [-0.2, 0) is 0 Å². The van der Waals surface area contributed by atoms with E-state index in [0.29, 0.717) is 4.99 Å². The van der Waals surface area contributed by atoms with E-state index in [2.05, 4.69) is 0 Å². The SMILES string of the molecule is NC(=S)CCCCOc1ccccc1. The molecule has 0 bridgehead atoms. The maximum Gasteiger partial charge on any atom is 0.119 e. The second-order valence-electron chi connectivity index (χ2n) is 3.08. The Morgan fingerprint density at radius 3 is 2.57 bits per heavy atom. The molecule has 0 saturated carbocycles. The van der Waals surface area contributed by atoms with Crippen molar-refractivity contribution in [1.29, 1.82) is 0 Å². The van der Waals surface area contributed by atoms with Gasteiger partial charge in [-0.3, -0.25) is 0 Å². The molecule has 0 fully saturated rings. The molecule has 3 heteroatoms. The fourth-order valence-corrected chi connectivity index (χ4v) is 1.25. The zero-order chi connectivity index (χ0) is 10.2. The molecule has 1 rings (SSSR count). The van der Waals surface area contributed by atoms with E-state index >= 15 is 0 Å². The molecule has 1 aromatic rings. The van der Waals surface area contributed by atoms with Crippen molar-refractivity contribution in [2.24, 2.45) is 5.73 Å². The molecule has 0 spiro atoms. The van der Waals surface area contributed by atoms with Gasteiger partial charge < -0.3 is 10.5 Å². The molecule has 2 N–H and O–H groups in total. The van der Waals surface area contributed by atoms with Gasteiger partial charge in [-0.15, -0.1) is 0 Å². The third kappa shape index (κ3) is 4.82. The standard InChI is InChI=1S/C11H15NOS/c12-11(14)8-4-5-9-13-10-6-2-1-3-7-10/h1-3,6-7H,4-5,8-9H2,(H2,12,14). The molecular formula is C11H15NOS. The van der Waals surface area contributed by atoms with Gasteiger partial charge in [0.25, 0.3) is 0 Å². The molecule has 14 heavy (non-hydrogen) atoms. The molecule has 0 aliphatic carbocycles. The second-order valence-corrected chi connectivity index (χ2v) is 3.61. The van der Waals surface area contributed by atoms with Gasteiger partial charge in [0.1, 0.15) is 5.75 Å². The number of hydrogen-bond acceptors (Lipinski definition) is 2. The molecule has 76 valence electrons. The Balaban J connectivity index is 2.08. The van der Waals surface area contributed by atoms with Gasteiger partial charge in [0.15, 0.2) is 0 Å². The highest BCUT2D eigenvalue weighted by atomic mass is 32.1. The van der Waals surface area contributed by atoms with E-state index in [1.807, 2.05) is 30.3 Å². The third-order valence-corrected chi connectivity index (χ3v) is 2.03. The number of rotatable bonds is 6. The molecule has 0 amide bonds. The smallest absolute Gasteiger partial charge is 0.119 e. The van der Waals surface area contributed by atoms with Gasteiger partial charge >= 0.3 is 0 Å². The van der Waals surface area contributed by atoms with E-state index in [1.165, 1.54) is 0 Å². The number of benzene rings is 1. The Morgan fingerprint density at radius 1 is 1.21 bits per heavy atom. The maximum atomic E-state index is 5.50. The Bertz CT molecular complexity index is 274. The first-order valence-electron chi connectivity index (χ1n) is 4.75. The van der Waals surface area contributed by atoms with Gasteiger partial charge in [-0.1, -0.05) is 30.4 Å². The summed E-state index contributed by atoms with van der Waals surface area (Å²) in [7, 11) is 0. The molecular weight excluding hydrogens is 194 g/mol. The number of thiocarbonyl (C=S) groups is 1. The fourth-order valence-electron chi connectivity index (χ4n) is 1.11. The highest BCUT2D eigenvalue weighted by Gasteiger charge is 1.93. The van der Waals surface area contributed by atoms with Crippen molar-refractivity contribution >= 4 is 17.2 Å². The van der Waals surface area contributed by atoms with E-state index in [9.17, 15) is 0 Å². The Kier molecular flexibility index (Phi) is 5.00. The minimum atomic E-state index is 0.588. The van der Waals surface area contributed by atoms with Crippen LogP contribution in [0, 0.1) is 0 Å². The van der Waals surface area contributed by atoms with E-state index in [-0.39, 0.29) is 0 Å². The van der Waals surface area contributed by atoms with Crippen molar-refractivity contribution < 1.29 is 4.74 Å². The Morgan fingerprint density at radius 2 is 1.93 bits per heavy atom. The maximum absolute atomic E-state index is 5.50. The minimum Gasteiger partial charge on any atom is -0.494 e. The van der Waals surface area contributed by atoms with Crippen LogP contribution < -0.4 is 10.5 Å². The topological polar surface area (TPSA) is 35.2 Å². The number of hydrogen-bond donors (Lipinski definition) is 1. The molecule has 2 nitrogen and oxygen atoms in total. The van der Waals surface area contributed by atoms with Gasteiger partial charge in [0.05, 0.1) is 11.6 Å². The molecule has 0 aromatic heterocycles. The summed E-state index contributed by atoms with van der Waals surface area (Å²) >= 11 is 4.78. The van der Waals surface area contributed by atoms with Gasteiger partial charge in [0.2, 0.25) is 0 Å². The molecule has 1 aromatic carbocycles. The summed E-state index contributed by atoms with van der Waals surface area (Å²) in [5.74, 6) is 0.919. The zero-order valence-corrected chi connectivity index (χ0v) is 8.93. The molecule has 0 aliphatic heterocycles. The summed E-state index contributed by atoms with van der Waals surface area (Å²) in [4.78, 5) is 0.588. The normalized spacial score (nSPS) is 9.71. The van der Waals surface area contributed by atoms with Crippen LogP contribution in [0.25, 0.3) is 0 Å². The first kappa shape index (κ1) is 11.0. The summed E-state index contributed by atoms with van der Waals surface area (Å²) < 4.78 is 5.50.